The molecule has 0 saturated carbocycles. The van der Waals surface area contributed by atoms with Crippen molar-refractivity contribution in [2.45, 2.75) is 39.7 Å². The van der Waals surface area contributed by atoms with Gasteiger partial charge in [-0.15, -0.1) is 0 Å². The molecule has 6 heteroatoms. The van der Waals surface area contributed by atoms with Crippen molar-refractivity contribution in [1.82, 2.24) is 15.2 Å². The van der Waals surface area contributed by atoms with Gasteiger partial charge in [-0.3, -0.25) is 5.10 Å². The van der Waals surface area contributed by atoms with Gasteiger partial charge >= 0.3 is 0 Å². The predicted octanol–water partition coefficient (Wildman–Crippen LogP) is 4.80. The van der Waals surface area contributed by atoms with Gasteiger partial charge in [0.25, 0.3) is 0 Å². The monoisotopic (exact) mass is 393 g/mol. The molecule has 0 atom stereocenters. The van der Waals surface area contributed by atoms with E-state index in [0.29, 0.717) is 12.4 Å². The van der Waals surface area contributed by atoms with E-state index in [4.69, 9.17) is 0 Å². The lowest BCUT2D eigenvalue weighted by molar-refractivity contribution is 0.312. The lowest BCUT2D eigenvalue weighted by atomic mass is 9.76. The van der Waals surface area contributed by atoms with Crippen molar-refractivity contribution in [3.05, 3.63) is 59.2 Å². The normalized spacial score (nSPS) is 15.1. The molecule has 0 unspecified atom stereocenters. The van der Waals surface area contributed by atoms with Crippen LogP contribution in [0.1, 0.15) is 37.1 Å². The van der Waals surface area contributed by atoms with Crippen molar-refractivity contribution in [2.24, 2.45) is 5.41 Å². The molecule has 3 aromatic rings. The number of hydrogen-bond donors (Lipinski definition) is 2. The van der Waals surface area contributed by atoms with Crippen LogP contribution in [0.25, 0.3) is 11.3 Å². The lowest BCUT2D eigenvalue weighted by Gasteiger charge is -2.29. The number of fused-ring (bicyclic) bond motifs is 1. The minimum absolute atomic E-state index is 0.271. The van der Waals surface area contributed by atoms with Crippen molar-refractivity contribution in [3.8, 4) is 11.3 Å². The maximum absolute atomic E-state index is 14.3. The Kier molecular flexibility index (Phi) is 5.03. The number of rotatable bonds is 5. The average molecular weight is 394 g/mol. The van der Waals surface area contributed by atoms with Gasteiger partial charge in [-0.05, 0) is 42.4 Å². The molecule has 2 aromatic heterocycles. The summed E-state index contributed by atoms with van der Waals surface area (Å²) < 4.78 is 14.3. The van der Waals surface area contributed by atoms with E-state index < -0.39 is 5.95 Å². The third-order valence-corrected chi connectivity index (χ3v) is 5.66. The summed E-state index contributed by atoms with van der Waals surface area (Å²) in [7, 11) is 4.03. The van der Waals surface area contributed by atoms with Crippen LogP contribution in [0.3, 0.4) is 0 Å². The Bertz CT molecular complexity index is 1020. The molecule has 0 spiro atoms. The Balaban J connectivity index is 1.59. The molecule has 1 aliphatic carbocycles. The predicted molar refractivity (Wildman–Crippen MR) is 116 cm³/mol. The lowest BCUT2D eigenvalue weighted by Crippen LogP contribution is -2.21. The van der Waals surface area contributed by atoms with Gasteiger partial charge in [0, 0.05) is 49.2 Å². The van der Waals surface area contributed by atoms with E-state index in [1.807, 2.05) is 32.3 Å². The molecule has 4 rings (SSSR count). The second-order valence-corrected chi connectivity index (χ2v) is 8.81. The van der Waals surface area contributed by atoms with Gasteiger partial charge in [0.2, 0.25) is 5.95 Å². The molecule has 2 N–H and O–H groups in total. The molecule has 29 heavy (non-hydrogen) atoms. The fourth-order valence-electron chi connectivity index (χ4n) is 4.09. The first-order valence-corrected chi connectivity index (χ1v) is 10.1. The highest BCUT2D eigenvalue weighted by atomic mass is 19.1. The number of aromatic amines is 1. The molecule has 0 fully saturated rings. The standard InChI is InChI=1S/C23H28FN5/c1-23(2)10-9-17-18(13-23)27-28-22(17)16-11-20(24)26-21(12-16)25-14-15-7-5-6-8-19(15)29(3)4/h5-8,11-12H,9-10,13-14H2,1-4H3,(H,25,26)(H,27,28). The smallest absolute Gasteiger partial charge is 0.215 e. The van der Waals surface area contributed by atoms with Crippen molar-refractivity contribution in [2.75, 3.05) is 24.3 Å². The average Bonchev–Trinajstić information content (AvgIpc) is 3.08. The molecule has 1 aliphatic rings. The number of benzene rings is 1. The van der Waals surface area contributed by atoms with Crippen LogP contribution in [-0.2, 0) is 19.4 Å². The van der Waals surface area contributed by atoms with Gasteiger partial charge in [-0.2, -0.15) is 9.49 Å². The van der Waals surface area contributed by atoms with Crippen LogP contribution < -0.4 is 10.2 Å². The second-order valence-electron chi connectivity index (χ2n) is 8.81. The fourth-order valence-corrected chi connectivity index (χ4v) is 4.09. The molecule has 0 saturated heterocycles. The highest BCUT2D eigenvalue weighted by Gasteiger charge is 2.29. The summed E-state index contributed by atoms with van der Waals surface area (Å²) in [5.41, 5.74) is 6.51. The second kappa shape index (κ2) is 7.50. The summed E-state index contributed by atoms with van der Waals surface area (Å²) in [5, 5.41) is 11.0. The van der Waals surface area contributed by atoms with Crippen molar-refractivity contribution in [1.29, 1.82) is 0 Å². The fraction of sp³-hybridized carbons (Fsp3) is 0.391. The topological polar surface area (TPSA) is 56.8 Å². The Morgan fingerprint density at radius 3 is 2.79 bits per heavy atom. The summed E-state index contributed by atoms with van der Waals surface area (Å²) in [6, 6.07) is 11.5. The van der Waals surface area contributed by atoms with Crippen LogP contribution in [0.5, 0.6) is 0 Å². The molecule has 0 amide bonds. The first-order valence-electron chi connectivity index (χ1n) is 10.1. The number of pyridine rings is 1. The molecular formula is C23H28FN5. The molecule has 152 valence electrons. The number of para-hydroxylation sites is 1. The summed E-state index contributed by atoms with van der Waals surface area (Å²) in [6.45, 7) is 5.11. The van der Waals surface area contributed by atoms with Gasteiger partial charge in [0.1, 0.15) is 5.82 Å². The third-order valence-electron chi connectivity index (χ3n) is 5.66. The van der Waals surface area contributed by atoms with E-state index in [2.05, 4.69) is 51.4 Å². The number of halogens is 1. The van der Waals surface area contributed by atoms with Crippen LogP contribution in [0.15, 0.2) is 36.4 Å². The maximum Gasteiger partial charge on any atom is 0.215 e. The van der Waals surface area contributed by atoms with E-state index >= 15 is 0 Å². The number of nitrogens with zero attached hydrogens (tertiary/aromatic N) is 3. The van der Waals surface area contributed by atoms with Crippen molar-refractivity contribution >= 4 is 11.5 Å². The van der Waals surface area contributed by atoms with Crippen molar-refractivity contribution in [3.63, 3.8) is 0 Å². The summed E-state index contributed by atoms with van der Waals surface area (Å²) in [5.74, 6) is 0.0141. The Morgan fingerprint density at radius 2 is 2.00 bits per heavy atom. The Labute approximate surface area is 171 Å². The van der Waals surface area contributed by atoms with Crippen LogP contribution >= 0.6 is 0 Å². The molecule has 2 heterocycles. The maximum atomic E-state index is 14.3. The van der Waals surface area contributed by atoms with E-state index in [1.165, 1.54) is 17.3 Å². The van der Waals surface area contributed by atoms with Gasteiger partial charge < -0.3 is 10.2 Å². The molecule has 5 nitrogen and oxygen atoms in total. The number of nitrogens with one attached hydrogen (secondary N) is 2. The molecule has 0 bridgehead atoms. The SMILES string of the molecule is CN(C)c1ccccc1CNc1cc(-c2n[nH]c3c2CCC(C)(C)C3)cc(F)n1. The summed E-state index contributed by atoms with van der Waals surface area (Å²) >= 11 is 0. The van der Waals surface area contributed by atoms with Gasteiger partial charge in [0.05, 0.1) is 5.69 Å². The molecular weight excluding hydrogens is 365 g/mol. The van der Waals surface area contributed by atoms with E-state index in [0.717, 1.165) is 41.8 Å². The summed E-state index contributed by atoms with van der Waals surface area (Å²) in [6.07, 6.45) is 3.03. The zero-order chi connectivity index (χ0) is 20.6. The minimum atomic E-state index is -0.501. The molecule has 0 aliphatic heterocycles. The van der Waals surface area contributed by atoms with E-state index in [1.54, 1.807) is 0 Å². The highest BCUT2D eigenvalue weighted by molar-refractivity contribution is 5.67. The molecule has 0 radical (unpaired) electrons. The van der Waals surface area contributed by atoms with Crippen LogP contribution in [0.4, 0.5) is 15.9 Å². The number of hydrogen-bond acceptors (Lipinski definition) is 4. The van der Waals surface area contributed by atoms with Gasteiger partial charge in [-0.1, -0.05) is 32.0 Å². The highest BCUT2D eigenvalue weighted by Crippen LogP contribution is 2.38. The van der Waals surface area contributed by atoms with Gasteiger partial charge in [-0.25, -0.2) is 4.98 Å². The zero-order valence-corrected chi connectivity index (χ0v) is 17.5. The Hall–Kier alpha value is -2.89. The first-order chi connectivity index (χ1) is 13.8. The zero-order valence-electron chi connectivity index (χ0n) is 17.5. The summed E-state index contributed by atoms with van der Waals surface area (Å²) in [4.78, 5) is 6.11. The molecule has 1 aromatic carbocycles. The third kappa shape index (κ3) is 4.11. The van der Waals surface area contributed by atoms with Gasteiger partial charge in [0.15, 0.2) is 0 Å². The van der Waals surface area contributed by atoms with Crippen molar-refractivity contribution < 1.29 is 4.39 Å². The van der Waals surface area contributed by atoms with Crippen LogP contribution in [-0.4, -0.2) is 29.3 Å². The number of aromatic nitrogens is 3. The number of anilines is 2. The van der Waals surface area contributed by atoms with Crippen LogP contribution in [0.2, 0.25) is 0 Å². The quantitative estimate of drug-likeness (QED) is 0.611. The van der Waals surface area contributed by atoms with E-state index in [-0.39, 0.29) is 5.41 Å². The largest absolute Gasteiger partial charge is 0.377 e. The number of H-pyrrole nitrogens is 1. The van der Waals surface area contributed by atoms with E-state index in [9.17, 15) is 4.39 Å². The Morgan fingerprint density at radius 1 is 1.21 bits per heavy atom. The minimum Gasteiger partial charge on any atom is -0.377 e. The first kappa shape index (κ1) is 19.4. The van der Waals surface area contributed by atoms with Crippen LogP contribution in [0, 0.1) is 11.4 Å².